The molecule has 0 aromatic heterocycles. The fourth-order valence-corrected chi connectivity index (χ4v) is 2.58. The minimum atomic E-state index is -3.70. The van der Waals surface area contributed by atoms with Gasteiger partial charge < -0.3 is 9.64 Å². The predicted molar refractivity (Wildman–Crippen MR) is 65.7 cm³/mol. The minimum absolute atomic E-state index is 0.0103. The van der Waals surface area contributed by atoms with Gasteiger partial charge in [-0.3, -0.25) is 4.79 Å². The number of anilines is 1. The Morgan fingerprint density at radius 3 is 2.83 bits per heavy atom. The maximum atomic E-state index is 11.7. The van der Waals surface area contributed by atoms with Crippen LogP contribution in [-0.4, -0.2) is 34.6 Å². The van der Waals surface area contributed by atoms with Gasteiger partial charge in [-0.25, -0.2) is 13.6 Å². The number of primary sulfonamides is 1. The molecular formula is C11H14N2O4S. The molecule has 0 saturated heterocycles. The Hall–Kier alpha value is -1.44. The highest BCUT2D eigenvalue weighted by atomic mass is 32.2. The molecule has 0 saturated carbocycles. The fraction of sp³-hybridized carbons (Fsp3) is 0.364. The van der Waals surface area contributed by atoms with Gasteiger partial charge >= 0.3 is 0 Å². The van der Waals surface area contributed by atoms with E-state index in [0.29, 0.717) is 13.0 Å². The highest BCUT2D eigenvalue weighted by Gasteiger charge is 2.25. The molecule has 1 aliphatic rings. The Morgan fingerprint density at radius 2 is 2.22 bits per heavy atom. The van der Waals surface area contributed by atoms with Crippen LogP contribution < -0.4 is 10.0 Å². The third-order valence-corrected chi connectivity index (χ3v) is 3.75. The van der Waals surface area contributed by atoms with E-state index in [0.717, 1.165) is 11.3 Å². The molecular weight excluding hydrogens is 256 g/mol. The van der Waals surface area contributed by atoms with Gasteiger partial charge in [0, 0.05) is 19.3 Å². The molecule has 1 aromatic carbocycles. The van der Waals surface area contributed by atoms with Crippen LogP contribution in [0.5, 0.6) is 0 Å². The summed E-state index contributed by atoms with van der Waals surface area (Å²) in [5.41, 5.74) is 1.54. The molecule has 0 spiro atoms. The molecule has 2 N–H and O–H groups in total. The number of nitrogens with two attached hydrogens (primary N) is 1. The first-order chi connectivity index (χ1) is 8.43. The fourth-order valence-electron chi connectivity index (χ4n) is 2.02. The smallest absolute Gasteiger partial charge is 0.252 e. The first-order valence-corrected chi connectivity index (χ1v) is 6.93. The molecule has 0 atom stereocenters. The summed E-state index contributed by atoms with van der Waals surface area (Å²) in [5, 5.41) is 5.06. The summed E-state index contributed by atoms with van der Waals surface area (Å²) in [4.78, 5) is 13.4. The van der Waals surface area contributed by atoms with Crippen molar-refractivity contribution in [3.05, 3.63) is 23.8 Å². The van der Waals surface area contributed by atoms with E-state index >= 15 is 0 Å². The number of carbonyl (C=O) groups is 1. The van der Waals surface area contributed by atoms with Crippen LogP contribution in [0.3, 0.4) is 0 Å². The zero-order valence-corrected chi connectivity index (χ0v) is 10.7. The quantitative estimate of drug-likeness (QED) is 0.828. The van der Waals surface area contributed by atoms with Crippen molar-refractivity contribution in [2.45, 2.75) is 11.3 Å². The number of nitrogens with zero attached hydrogens (tertiary/aromatic N) is 1. The molecule has 1 aromatic rings. The highest BCUT2D eigenvalue weighted by Crippen LogP contribution is 2.29. The van der Waals surface area contributed by atoms with Crippen molar-refractivity contribution in [2.24, 2.45) is 5.14 Å². The van der Waals surface area contributed by atoms with Crippen LogP contribution in [0.25, 0.3) is 0 Å². The van der Waals surface area contributed by atoms with Crippen LogP contribution >= 0.6 is 0 Å². The van der Waals surface area contributed by atoms with Gasteiger partial charge in [-0.2, -0.15) is 0 Å². The first-order valence-electron chi connectivity index (χ1n) is 5.38. The Kier molecular flexibility index (Phi) is 3.38. The lowest BCUT2D eigenvalue weighted by atomic mass is 10.2. The second kappa shape index (κ2) is 4.68. The molecule has 0 bridgehead atoms. The molecule has 2 rings (SSSR count). The lowest BCUT2D eigenvalue weighted by Gasteiger charge is -2.16. The van der Waals surface area contributed by atoms with Crippen molar-refractivity contribution in [2.75, 3.05) is 25.2 Å². The van der Waals surface area contributed by atoms with Gasteiger partial charge in [0.25, 0.3) is 5.91 Å². The van der Waals surface area contributed by atoms with Crippen molar-refractivity contribution >= 4 is 21.6 Å². The number of carbonyl (C=O) groups excluding carboxylic acids is 1. The number of methoxy groups -OCH3 is 1. The normalized spacial score (nSPS) is 14.7. The van der Waals surface area contributed by atoms with Crippen LogP contribution in [0.1, 0.15) is 5.56 Å². The van der Waals surface area contributed by atoms with Gasteiger partial charge in [0.2, 0.25) is 10.0 Å². The van der Waals surface area contributed by atoms with Crippen molar-refractivity contribution in [3.8, 4) is 0 Å². The van der Waals surface area contributed by atoms with E-state index in [9.17, 15) is 13.2 Å². The Bertz CT molecular complexity index is 583. The van der Waals surface area contributed by atoms with Gasteiger partial charge in [0.05, 0.1) is 4.90 Å². The zero-order chi connectivity index (χ0) is 13.3. The van der Waals surface area contributed by atoms with Crippen molar-refractivity contribution in [3.63, 3.8) is 0 Å². The van der Waals surface area contributed by atoms with Gasteiger partial charge in [-0.1, -0.05) is 0 Å². The molecule has 7 heteroatoms. The molecule has 98 valence electrons. The third-order valence-electron chi connectivity index (χ3n) is 2.84. The van der Waals surface area contributed by atoms with E-state index in [1.54, 1.807) is 11.0 Å². The average molecular weight is 270 g/mol. The maximum absolute atomic E-state index is 11.7. The van der Waals surface area contributed by atoms with E-state index < -0.39 is 10.0 Å². The van der Waals surface area contributed by atoms with Crippen LogP contribution in [0, 0.1) is 0 Å². The summed E-state index contributed by atoms with van der Waals surface area (Å²) >= 11 is 0. The van der Waals surface area contributed by atoms with Crippen LogP contribution in [0.15, 0.2) is 23.1 Å². The summed E-state index contributed by atoms with van der Waals surface area (Å²) in [6.45, 7) is 0.544. The van der Waals surface area contributed by atoms with Crippen molar-refractivity contribution in [1.29, 1.82) is 0 Å². The van der Waals surface area contributed by atoms with E-state index in [1.165, 1.54) is 19.2 Å². The summed E-state index contributed by atoms with van der Waals surface area (Å²) < 4.78 is 27.3. The van der Waals surface area contributed by atoms with E-state index in [4.69, 9.17) is 9.88 Å². The molecule has 0 fully saturated rings. The standard InChI is InChI=1S/C11H14N2O4S/c1-17-7-11(14)13-5-4-8-6-9(18(12,15)16)2-3-10(8)13/h2-3,6H,4-5,7H2,1H3,(H2,12,15,16). The molecule has 18 heavy (non-hydrogen) atoms. The first kappa shape index (κ1) is 13.0. The lowest BCUT2D eigenvalue weighted by Crippen LogP contribution is -2.31. The van der Waals surface area contributed by atoms with Crippen LogP contribution in [0.4, 0.5) is 5.69 Å². The third kappa shape index (κ3) is 2.38. The summed E-state index contributed by atoms with van der Waals surface area (Å²) in [6.07, 6.45) is 0.619. The number of hydrogen-bond acceptors (Lipinski definition) is 4. The number of hydrogen-bond donors (Lipinski definition) is 1. The van der Waals surface area contributed by atoms with Gasteiger partial charge in [-0.05, 0) is 30.2 Å². The monoisotopic (exact) mass is 270 g/mol. The molecule has 1 aliphatic heterocycles. The molecule has 1 amide bonds. The summed E-state index contributed by atoms with van der Waals surface area (Å²) in [5.74, 6) is -0.139. The number of amides is 1. The Morgan fingerprint density at radius 1 is 1.50 bits per heavy atom. The SMILES string of the molecule is COCC(=O)N1CCc2cc(S(N)(=O)=O)ccc21. The van der Waals surface area contributed by atoms with E-state index in [1.807, 2.05) is 0 Å². The van der Waals surface area contributed by atoms with Gasteiger partial charge in [-0.15, -0.1) is 0 Å². The summed E-state index contributed by atoms with van der Waals surface area (Å²) in [6, 6.07) is 4.53. The number of fused-ring (bicyclic) bond motifs is 1. The average Bonchev–Trinajstić information content (AvgIpc) is 2.70. The van der Waals surface area contributed by atoms with Gasteiger partial charge in [0.15, 0.2) is 0 Å². The lowest BCUT2D eigenvalue weighted by molar-refractivity contribution is -0.122. The minimum Gasteiger partial charge on any atom is -0.375 e. The molecule has 0 aliphatic carbocycles. The zero-order valence-electron chi connectivity index (χ0n) is 9.92. The largest absolute Gasteiger partial charge is 0.375 e. The van der Waals surface area contributed by atoms with Crippen LogP contribution in [-0.2, 0) is 26.0 Å². The number of sulfonamides is 1. The Labute approximate surface area is 105 Å². The molecule has 0 radical (unpaired) electrons. The number of ether oxygens (including phenoxy) is 1. The number of benzene rings is 1. The topological polar surface area (TPSA) is 89.7 Å². The second-order valence-electron chi connectivity index (χ2n) is 4.06. The van der Waals surface area contributed by atoms with Crippen LogP contribution in [0.2, 0.25) is 0 Å². The summed E-state index contributed by atoms with van der Waals surface area (Å²) in [7, 11) is -2.24. The van der Waals surface area contributed by atoms with Crippen molar-refractivity contribution < 1.29 is 17.9 Å². The second-order valence-corrected chi connectivity index (χ2v) is 5.63. The van der Waals surface area contributed by atoms with Gasteiger partial charge in [0.1, 0.15) is 6.61 Å². The maximum Gasteiger partial charge on any atom is 0.252 e. The van der Waals surface area contributed by atoms with E-state index in [-0.39, 0.29) is 17.4 Å². The highest BCUT2D eigenvalue weighted by molar-refractivity contribution is 7.89. The Balaban J connectivity index is 2.34. The predicted octanol–water partition coefficient (Wildman–Crippen LogP) is -0.130. The van der Waals surface area contributed by atoms with Crippen molar-refractivity contribution in [1.82, 2.24) is 0 Å². The molecule has 6 nitrogen and oxygen atoms in total. The van der Waals surface area contributed by atoms with E-state index in [2.05, 4.69) is 0 Å². The number of rotatable bonds is 3. The molecule has 1 heterocycles. The molecule has 0 unspecified atom stereocenters.